The van der Waals surface area contributed by atoms with Crippen molar-refractivity contribution in [3.8, 4) is 0 Å². The first-order valence-corrected chi connectivity index (χ1v) is 9.49. The Labute approximate surface area is 129 Å². The van der Waals surface area contributed by atoms with Gasteiger partial charge in [-0.2, -0.15) is 0 Å². The number of benzene rings is 1. The van der Waals surface area contributed by atoms with Gasteiger partial charge in [0.25, 0.3) is 9.05 Å². The Kier molecular flexibility index (Phi) is 5.65. The zero-order valence-corrected chi connectivity index (χ0v) is 13.3. The van der Waals surface area contributed by atoms with Gasteiger partial charge in [0.15, 0.2) is 0 Å². The van der Waals surface area contributed by atoms with E-state index in [2.05, 4.69) is 0 Å². The summed E-state index contributed by atoms with van der Waals surface area (Å²) in [7, 11) is 1.56. The molecule has 4 nitrogen and oxygen atoms in total. The molecule has 1 aliphatic carbocycles. The number of hydrogen-bond acceptors (Lipinski definition) is 4. The van der Waals surface area contributed by atoms with E-state index < -0.39 is 9.05 Å². The van der Waals surface area contributed by atoms with E-state index in [0.29, 0.717) is 12.8 Å². The van der Waals surface area contributed by atoms with Crippen LogP contribution in [0.1, 0.15) is 44.1 Å². The number of carbonyl (C=O) groups excluding carboxylic acids is 1. The molecule has 0 N–H and O–H groups in total. The van der Waals surface area contributed by atoms with E-state index >= 15 is 0 Å². The van der Waals surface area contributed by atoms with Crippen LogP contribution in [0.5, 0.6) is 0 Å². The molecule has 0 heterocycles. The average molecular weight is 331 g/mol. The first-order valence-electron chi connectivity index (χ1n) is 7.18. The van der Waals surface area contributed by atoms with E-state index in [1.54, 1.807) is 12.1 Å². The van der Waals surface area contributed by atoms with Gasteiger partial charge in [0.05, 0.1) is 4.90 Å². The molecular formula is C15H19ClO4S. The molecule has 116 valence electrons. The molecule has 0 aliphatic heterocycles. The average Bonchev–Trinajstić information content (AvgIpc) is 2.46. The number of esters is 1. The Morgan fingerprint density at radius 3 is 2.33 bits per heavy atom. The third-order valence-electron chi connectivity index (χ3n) is 3.67. The summed E-state index contributed by atoms with van der Waals surface area (Å²) in [5, 5.41) is 0. The molecule has 1 aromatic rings. The first kappa shape index (κ1) is 16.3. The smallest absolute Gasteiger partial charge is 0.306 e. The second-order valence-corrected chi connectivity index (χ2v) is 7.90. The van der Waals surface area contributed by atoms with Crippen LogP contribution in [0.25, 0.3) is 0 Å². The van der Waals surface area contributed by atoms with Crippen molar-refractivity contribution < 1.29 is 17.9 Å². The van der Waals surface area contributed by atoms with Gasteiger partial charge in [-0.15, -0.1) is 0 Å². The lowest BCUT2D eigenvalue weighted by Crippen LogP contribution is -2.21. The molecule has 1 aromatic carbocycles. The summed E-state index contributed by atoms with van der Waals surface area (Å²) in [4.78, 5) is 11.8. The fourth-order valence-corrected chi connectivity index (χ4v) is 3.26. The van der Waals surface area contributed by atoms with Gasteiger partial charge in [-0.3, -0.25) is 4.79 Å². The van der Waals surface area contributed by atoms with E-state index in [4.69, 9.17) is 15.4 Å². The Bertz CT molecular complexity index is 574. The molecule has 0 amide bonds. The molecule has 0 radical (unpaired) electrons. The van der Waals surface area contributed by atoms with E-state index in [0.717, 1.165) is 31.2 Å². The summed E-state index contributed by atoms with van der Waals surface area (Å²) in [6.45, 7) is 0. The zero-order valence-electron chi connectivity index (χ0n) is 11.8. The Morgan fingerprint density at radius 2 is 1.76 bits per heavy atom. The fourth-order valence-electron chi connectivity index (χ4n) is 2.49. The van der Waals surface area contributed by atoms with Gasteiger partial charge in [0, 0.05) is 17.1 Å². The van der Waals surface area contributed by atoms with Gasteiger partial charge >= 0.3 is 5.97 Å². The molecule has 2 rings (SSSR count). The van der Waals surface area contributed by atoms with Crippen molar-refractivity contribution in [3.63, 3.8) is 0 Å². The van der Waals surface area contributed by atoms with Crippen molar-refractivity contribution in [2.24, 2.45) is 0 Å². The van der Waals surface area contributed by atoms with Gasteiger partial charge in [0.1, 0.15) is 6.10 Å². The first-order chi connectivity index (χ1) is 9.95. The maximum atomic E-state index is 11.8. The number of halogens is 1. The van der Waals surface area contributed by atoms with E-state index in [1.807, 2.05) is 0 Å². The zero-order chi connectivity index (χ0) is 15.3. The van der Waals surface area contributed by atoms with Crippen LogP contribution in [0.4, 0.5) is 0 Å². The number of hydrogen-bond donors (Lipinski definition) is 0. The minimum Gasteiger partial charge on any atom is -0.462 e. The lowest BCUT2D eigenvalue weighted by Gasteiger charge is -2.21. The summed E-state index contributed by atoms with van der Waals surface area (Å²) in [6.07, 6.45) is 6.34. The number of ether oxygens (including phenoxy) is 1. The highest BCUT2D eigenvalue weighted by molar-refractivity contribution is 8.13. The molecule has 0 unspecified atom stereocenters. The molecule has 0 spiro atoms. The van der Waals surface area contributed by atoms with Crippen LogP contribution in [-0.4, -0.2) is 20.5 Å². The van der Waals surface area contributed by atoms with E-state index in [-0.39, 0.29) is 17.0 Å². The Balaban J connectivity index is 1.81. The van der Waals surface area contributed by atoms with E-state index in [9.17, 15) is 13.2 Å². The minimum absolute atomic E-state index is 0.0673. The number of carbonyl (C=O) groups is 1. The third kappa shape index (κ3) is 5.32. The predicted molar refractivity (Wildman–Crippen MR) is 80.8 cm³/mol. The lowest BCUT2D eigenvalue weighted by atomic mass is 9.98. The molecule has 0 saturated heterocycles. The topological polar surface area (TPSA) is 60.4 Å². The SMILES string of the molecule is O=C(CCc1ccc(S(=O)(=O)Cl)cc1)OC1CCCCC1. The molecular weight excluding hydrogens is 312 g/mol. The molecule has 0 bridgehead atoms. The van der Waals surface area contributed by atoms with Crippen LogP contribution < -0.4 is 0 Å². The molecule has 1 fully saturated rings. The van der Waals surface area contributed by atoms with Gasteiger partial charge in [-0.05, 0) is 49.8 Å². The Hall–Kier alpha value is -1.07. The van der Waals surface area contributed by atoms with E-state index in [1.165, 1.54) is 18.6 Å². The highest BCUT2D eigenvalue weighted by atomic mass is 35.7. The molecule has 0 aromatic heterocycles. The fraction of sp³-hybridized carbons (Fsp3) is 0.533. The highest BCUT2D eigenvalue weighted by Gasteiger charge is 2.17. The molecule has 6 heteroatoms. The summed E-state index contributed by atoms with van der Waals surface area (Å²) in [6, 6.07) is 6.24. The summed E-state index contributed by atoms with van der Waals surface area (Å²) in [5.41, 5.74) is 0.889. The predicted octanol–water partition coefficient (Wildman–Crippen LogP) is 3.42. The largest absolute Gasteiger partial charge is 0.462 e. The standard InChI is InChI=1S/C15H19ClO4S/c16-21(18,19)14-9-6-12(7-10-14)8-11-15(17)20-13-4-2-1-3-5-13/h6-7,9-10,13H,1-5,8,11H2. The van der Waals surface area contributed by atoms with Crippen molar-refractivity contribution >= 4 is 25.7 Å². The monoisotopic (exact) mass is 330 g/mol. The quantitative estimate of drug-likeness (QED) is 0.613. The maximum Gasteiger partial charge on any atom is 0.306 e. The van der Waals surface area contributed by atoms with Crippen LogP contribution in [0.2, 0.25) is 0 Å². The minimum atomic E-state index is -3.69. The van der Waals surface area contributed by atoms with Crippen molar-refractivity contribution in [3.05, 3.63) is 29.8 Å². The van der Waals surface area contributed by atoms with Gasteiger partial charge in [-0.1, -0.05) is 18.6 Å². The van der Waals surface area contributed by atoms with Crippen molar-refractivity contribution in [1.82, 2.24) is 0 Å². The Morgan fingerprint density at radius 1 is 1.14 bits per heavy atom. The third-order valence-corrected chi connectivity index (χ3v) is 5.04. The van der Waals surface area contributed by atoms with Gasteiger partial charge in [-0.25, -0.2) is 8.42 Å². The molecule has 1 saturated carbocycles. The number of aryl methyl sites for hydroxylation is 1. The molecule has 1 aliphatic rings. The van der Waals surface area contributed by atoms with Crippen molar-refractivity contribution in [2.45, 2.75) is 55.9 Å². The molecule has 0 atom stereocenters. The van der Waals surface area contributed by atoms with Crippen LogP contribution in [-0.2, 0) is 25.0 Å². The van der Waals surface area contributed by atoms with Crippen LogP contribution in [0, 0.1) is 0 Å². The maximum absolute atomic E-state index is 11.8. The second-order valence-electron chi connectivity index (χ2n) is 5.33. The summed E-state index contributed by atoms with van der Waals surface area (Å²) in [5.74, 6) is -0.184. The second kappa shape index (κ2) is 7.27. The lowest BCUT2D eigenvalue weighted by molar-refractivity contribution is -0.150. The van der Waals surface area contributed by atoms with Crippen molar-refractivity contribution in [1.29, 1.82) is 0 Å². The highest BCUT2D eigenvalue weighted by Crippen LogP contribution is 2.21. The van der Waals surface area contributed by atoms with Gasteiger partial charge in [0.2, 0.25) is 0 Å². The van der Waals surface area contributed by atoms with Crippen LogP contribution in [0.3, 0.4) is 0 Å². The van der Waals surface area contributed by atoms with Crippen molar-refractivity contribution in [2.75, 3.05) is 0 Å². The van der Waals surface area contributed by atoms with Gasteiger partial charge < -0.3 is 4.74 Å². The normalized spacial score (nSPS) is 16.6. The molecule has 21 heavy (non-hydrogen) atoms. The summed E-state index contributed by atoms with van der Waals surface area (Å²) >= 11 is 0. The van der Waals surface area contributed by atoms with Crippen LogP contribution in [0.15, 0.2) is 29.2 Å². The summed E-state index contributed by atoms with van der Waals surface area (Å²) < 4.78 is 27.7. The van der Waals surface area contributed by atoms with Crippen LogP contribution >= 0.6 is 10.7 Å². The number of rotatable bonds is 5.